The molecule has 1 amide bonds. The number of pyridine rings is 1. The zero-order valence-electron chi connectivity index (χ0n) is 15.2. The second kappa shape index (κ2) is 6.44. The van der Waals surface area contributed by atoms with E-state index in [-0.39, 0.29) is 11.8 Å². The maximum atomic E-state index is 13.2. The van der Waals surface area contributed by atoms with Crippen molar-refractivity contribution in [1.82, 2.24) is 19.9 Å². The molecule has 0 fully saturated rings. The number of nitrogens with zero attached hydrogens (tertiary/aromatic N) is 3. The summed E-state index contributed by atoms with van der Waals surface area (Å²) in [6, 6.07) is 7.97. The highest BCUT2D eigenvalue weighted by atomic mass is 16.5. The van der Waals surface area contributed by atoms with E-state index in [2.05, 4.69) is 34.0 Å². The molecule has 6 nitrogen and oxygen atoms in total. The van der Waals surface area contributed by atoms with E-state index in [1.807, 2.05) is 17.9 Å². The summed E-state index contributed by atoms with van der Waals surface area (Å²) in [7, 11) is 1.68. The minimum absolute atomic E-state index is 0.0210. The summed E-state index contributed by atoms with van der Waals surface area (Å²) in [5.74, 6) is 1.88. The lowest BCUT2D eigenvalue weighted by molar-refractivity contribution is 0.0756. The minimum atomic E-state index is 0.0210. The van der Waals surface area contributed by atoms with Crippen LogP contribution in [-0.2, 0) is 6.42 Å². The van der Waals surface area contributed by atoms with Gasteiger partial charge in [0.15, 0.2) is 5.65 Å². The maximum absolute atomic E-state index is 13.2. The number of amides is 1. The van der Waals surface area contributed by atoms with Crippen molar-refractivity contribution in [2.45, 2.75) is 26.2 Å². The second-order valence-electron chi connectivity index (χ2n) is 6.85. The lowest BCUT2D eigenvalue weighted by Crippen LogP contribution is -2.34. The van der Waals surface area contributed by atoms with Gasteiger partial charge in [0, 0.05) is 19.3 Å². The number of hydrogen-bond acceptors (Lipinski definition) is 4. The van der Waals surface area contributed by atoms with Gasteiger partial charge in [-0.05, 0) is 48.6 Å². The Morgan fingerprint density at radius 3 is 3.00 bits per heavy atom. The highest BCUT2D eigenvalue weighted by Gasteiger charge is 2.26. The quantitative estimate of drug-likeness (QED) is 0.771. The Morgan fingerprint density at radius 2 is 2.19 bits per heavy atom. The van der Waals surface area contributed by atoms with Gasteiger partial charge < -0.3 is 14.6 Å². The van der Waals surface area contributed by atoms with Gasteiger partial charge in [-0.15, -0.1) is 0 Å². The van der Waals surface area contributed by atoms with Crippen LogP contribution in [0, 0.1) is 6.92 Å². The number of hydrogen-bond donors (Lipinski definition) is 1. The number of carbonyl (C=O) groups excluding carboxylic acids is 1. The molecule has 1 aromatic carbocycles. The topological polar surface area (TPSA) is 71.1 Å². The van der Waals surface area contributed by atoms with Crippen LogP contribution in [0.15, 0.2) is 30.5 Å². The van der Waals surface area contributed by atoms with Crippen molar-refractivity contribution in [3.05, 3.63) is 53.0 Å². The maximum Gasteiger partial charge on any atom is 0.256 e. The van der Waals surface area contributed by atoms with Crippen molar-refractivity contribution in [3.63, 3.8) is 0 Å². The Kier molecular flexibility index (Phi) is 4.11. The molecule has 3 aromatic rings. The second-order valence-corrected chi connectivity index (χ2v) is 6.85. The molecule has 0 aliphatic carbocycles. The Bertz CT molecular complexity index is 979. The van der Waals surface area contributed by atoms with E-state index in [4.69, 9.17) is 4.74 Å². The van der Waals surface area contributed by atoms with Crippen LogP contribution < -0.4 is 4.74 Å². The summed E-state index contributed by atoms with van der Waals surface area (Å²) in [6.45, 7) is 5.40. The lowest BCUT2D eigenvalue weighted by atomic mass is 9.95. The number of methoxy groups -OCH3 is 1. The smallest absolute Gasteiger partial charge is 0.256 e. The first-order valence-electron chi connectivity index (χ1n) is 8.84. The van der Waals surface area contributed by atoms with Crippen LogP contribution in [-0.4, -0.2) is 46.0 Å². The van der Waals surface area contributed by atoms with E-state index < -0.39 is 0 Å². The van der Waals surface area contributed by atoms with Crippen molar-refractivity contribution in [1.29, 1.82) is 0 Å². The number of fused-ring (bicyclic) bond motifs is 2. The van der Waals surface area contributed by atoms with Crippen LogP contribution in [0.5, 0.6) is 5.75 Å². The van der Waals surface area contributed by atoms with Gasteiger partial charge in [0.25, 0.3) is 5.91 Å². The van der Waals surface area contributed by atoms with Crippen molar-refractivity contribution >= 4 is 17.1 Å². The Hall–Kier alpha value is -2.89. The molecule has 0 bridgehead atoms. The van der Waals surface area contributed by atoms with E-state index in [1.165, 1.54) is 11.1 Å². The van der Waals surface area contributed by atoms with Gasteiger partial charge >= 0.3 is 0 Å². The molecule has 1 atom stereocenters. The summed E-state index contributed by atoms with van der Waals surface area (Å²) in [5.41, 5.74) is 4.48. The van der Waals surface area contributed by atoms with Crippen LogP contribution in [0.4, 0.5) is 0 Å². The fourth-order valence-electron chi connectivity index (χ4n) is 3.72. The van der Waals surface area contributed by atoms with Crippen molar-refractivity contribution < 1.29 is 9.53 Å². The van der Waals surface area contributed by atoms with Gasteiger partial charge in [0.05, 0.1) is 18.2 Å². The van der Waals surface area contributed by atoms with E-state index in [0.29, 0.717) is 29.8 Å². The molecule has 0 saturated heterocycles. The monoisotopic (exact) mass is 350 g/mol. The van der Waals surface area contributed by atoms with Crippen LogP contribution in [0.1, 0.15) is 40.2 Å². The molecular weight excluding hydrogens is 328 g/mol. The van der Waals surface area contributed by atoms with Gasteiger partial charge in [-0.3, -0.25) is 4.79 Å². The van der Waals surface area contributed by atoms with Crippen LogP contribution in [0.3, 0.4) is 0 Å². The molecule has 1 aliphatic heterocycles. The number of rotatable bonds is 2. The third-order valence-electron chi connectivity index (χ3n) is 5.06. The number of aromatic amines is 1. The number of aromatic nitrogens is 3. The summed E-state index contributed by atoms with van der Waals surface area (Å²) in [5, 5.41) is 0. The molecule has 0 saturated carbocycles. The molecular formula is C20H22N4O2. The molecule has 0 spiro atoms. The summed E-state index contributed by atoms with van der Waals surface area (Å²) < 4.78 is 5.36. The highest BCUT2D eigenvalue weighted by Crippen LogP contribution is 2.29. The van der Waals surface area contributed by atoms with Gasteiger partial charge in [0.2, 0.25) is 0 Å². The number of carbonyl (C=O) groups is 1. The number of benzene rings is 1. The third kappa shape index (κ3) is 2.81. The molecule has 4 rings (SSSR count). The van der Waals surface area contributed by atoms with Gasteiger partial charge in [0.1, 0.15) is 11.6 Å². The fourth-order valence-corrected chi connectivity index (χ4v) is 3.72. The Morgan fingerprint density at radius 1 is 1.35 bits per heavy atom. The molecule has 6 heteroatoms. The SMILES string of the molecule is COc1ccc2c(c1)C(C)CN(C(=O)c1ccnc3nc(C)[nH]c13)CC2. The standard InChI is InChI=1S/C20H22N4O2/c1-12-11-24(9-7-14-4-5-15(26-3)10-17(12)14)20(25)16-6-8-21-19-18(16)22-13(2)23-19/h4-6,8,10,12H,7,9,11H2,1-3H3,(H,21,22,23). The predicted octanol–water partition coefficient (Wildman–Crippen LogP) is 3.08. The Balaban J connectivity index is 1.65. The zero-order chi connectivity index (χ0) is 18.3. The predicted molar refractivity (Wildman–Crippen MR) is 99.6 cm³/mol. The first kappa shape index (κ1) is 16.6. The average Bonchev–Trinajstić information content (AvgIpc) is 2.95. The van der Waals surface area contributed by atoms with E-state index in [1.54, 1.807) is 19.4 Å². The fraction of sp³-hybridized carbons (Fsp3) is 0.350. The molecule has 1 unspecified atom stereocenters. The molecule has 3 heterocycles. The number of nitrogens with one attached hydrogen (secondary N) is 1. The molecule has 1 aliphatic rings. The van der Waals surface area contributed by atoms with E-state index in [0.717, 1.165) is 18.0 Å². The van der Waals surface area contributed by atoms with Crippen molar-refractivity contribution in [2.75, 3.05) is 20.2 Å². The molecule has 134 valence electrons. The first-order valence-corrected chi connectivity index (χ1v) is 8.84. The molecule has 2 aromatic heterocycles. The van der Waals surface area contributed by atoms with Crippen molar-refractivity contribution in [2.24, 2.45) is 0 Å². The molecule has 1 N–H and O–H groups in total. The Labute approximate surface area is 152 Å². The van der Waals surface area contributed by atoms with Crippen LogP contribution in [0.25, 0.3) is 11.2 Å². The van der Waals surface area contributed by atoms with Crippen LogP contribution >= 0.6 is 0 Å². The van der Waals surface area contributed by atoms with Gasteiger partial charge in [-0.25, -0.2) is 9.97 Å². The number of H-pyrrole nitrogens is 1. The van der Waals surface area contributed by atoms with Crippen molar-refractivity contribution in [3.8, 4) is 5.75 Å². The van der Waals surface area contributed by atoms with Crippen LogP contribution in [0.2, 0.25) is 0 Å². The molecule has 26 heavy (non-hydrogen) atoms. The average molecular weight is 350 g/mol. The summed E-state index contributed by atoms with van der Waals surface area (Å²) >= 11 is 0. The third-order valence-corrected chi connectivity index (χ3v) is 5.06. The number of aryl methyl sites for hydroxylation is 1. The lowest BCUT2D eigenvalue weighted by Gasteiger charge is -2.23. The first-order chi connectivity index (χ1) is 12.6. The van der Waals surface area contributed by atoms with Gasteiger partial charge in [-0.1, -0.05) is 13.0 Å². The summed E-state index contributed by atoms with van der Waals surface area (Å²) in [6.07, 6.45) is 2.49. The highest BCUT2D eigenvalue weighted by molar-refractivity contribution is 6.04. The van der Waals surface area contributed by atoms with E-state index in [9.17, 15) is 4.79 Å². The largest absolute Gasteiger partial charge is 0.497 e. The zero-order valence-corrected chi connectivity index (χ0v) is 15.2. The minimum Gasteiger partial charge on any atom is -0.497 e. The summed E-state index contributed by atoms with van der Waals surface area (Å²) in [4.78, 5) is 26.9. The normalized spacial score (nSPS) is 17.0. The van der Waals surface area contributed by atoms with Gasteiger partial charge in [-0.2, -0.15) is 0 Å². The molecule has 0 radical (unpaired) electrons. The van der Waals surface area contributed by atoms with E-state index >= 15 is 0 Å². The number of imidazole rings is 1. The number of ether oxygens (including phenoxy) is 1.